The van der Waals surface area contributed by atoms with Gasteiger partial charge in [-0.25, -0.2) is 10.5 Å². The summed E-state index contributed by atoms with van der Waals surface area (Å²) in [5.41, 5.74) is 4.99. The molecular weight excluding hydrogens is 242 g/mol. The van der Waals surface area contributed by atoms with Crippen LogP contribution in [0.3, 0.4) is 0 Å². The summed E-state index contributed by atoms with van der Waals surface area (Å²) in [4.78, 5) is 15.6. The summed E-state index contributed by atoms with van der Waals surface area (Å²) in [5, 5.41) is 11.8. The van der Waals surface area contributed by atoms with Crippen LogP contribution in [0.25, 0.3) is 0 Å². The summed E-state index contributed by atoms with van der Waals surface area (Å²) in [6.07, 6.45) is 1.58. The number of anilines is 2. The van der Waals surface area contributed by atoms with Gasteiger partial charge in [0.15, 0.2) is 0 Å². The quantitative estimate of drug-likeness (QED) is 0.583. The predicted molar refractivity (Wildman–Crippen MR) is 72.7 cm³/mol. The van der Waals surface area contributed by atoms with Gasteiger partial charge in [-0.3, -0.25) is 10.0 Å². The summed E-state index contributed by atoms with van der Waals surface area (Å²) in [6.45, 7) is 3.99. The van der Waals surface area contributed by atoms with Gasteiger partial charge in [0.1, 0.15) is 5.82 Å². The Morgan fingerprint density at radius 3 is 2.74 bits per heavy atom. The molecule has 0 aliphatic carbocycles. The normalized spacial score (nSPS) is 10.1. The maximum absolute atomic E-state index is 11.5. The summed E-state index contributed by atoms with van der Waals surface area (Å²) in [5.74, 6) is -0.193. The molecule has 3 N–H and O–H groups in total. The second kappa shape index (κ2) is 5.49. The maximum Gasteiger partial charge on any atom is 0.278 e. The lowest BCUT2D eigenvalue weighted by Gasteiger charge is -2.12. The number of hydrogen-bond donors (Lipinski definition) is 3. The second-order valence-corrected chi connectivity index (χ2v) is 4.28. The van der Waals surface area contributed by atoms with Crippen molar-refractivity contribution in [2.75, 3.05) is 5.32 Å². The Kier molecular flexibility index (Phi) is 3.77. The van der Waals surface area contributed by atoms with Crippen molar-refractivity contribution in [3.63, 3.8) is 0 Å². The highest BCUT2D eigenvalue weighted by molar-refractivity contribution is 5.98. The van der Waals surface area contributed by atoms with Crippen molar-refractivity contribution in [2.45, 2.75) is 13.8 Å². The van der Waals surface area contributed by atoms with Gasteiger partial charge < -0.3 is 5.32 Å². The van der Waals surface area contributed by atoms with Gasteiger partial charge in [-0.1, -0.05) is 17.7 Å². The largest absolute Gasteiger partial charge is 0.339 e. The number of hydrogen-bond acceptors (Lipinski definition) is 4. The van der Waals surface area contributed by atoms with Crippen LogP contribution in [0, 0.1) is 13.8 Å². The molecule has 0 atom stereocenters. The Bertz CT molecular complexity index is 611. The molecule has 0 bridgehead atoms. The highest BCUT2D eigenvalue weighted by Gasteiger charge is 2.12. The molecule has 1 aromatic heterocycles. The van der Waals surface area contributed by atoms with Gasteiger partial charge in [-0.15, -0.1) is 0 Å². The van der Waals surface area contributed by atoms with E-state index >= 15 is 0 Å². The zero-order valence-corrected chi connectivity index (χ0v) is 10.8. The molecule has 0 unspecified atom stereocenters. The molecule has 1 aromatic carbocycles. The van der Waals surface area contributed by atoms with Gasteiger partial charge in [0.25, 0.3) is 5.91 Å². The summed E-state index contributed by atoms with van der Waals surface area (Å²) >= 11 is 0. The minimum atomic E-state index is -0.597. The van der Waals surface area contributed by atoms with E-state index in [0.29, 0.717) is 5.82 Å². The molecule has 98 valence electrons. The fraction of sp³-hybridized carbons (Fsp3) is 0.143. The second-order valence-electron chi connectivity index (χ2n) is 4.28. The molecule has 1 amide bonds. The van der Waals surface area contributed by atoms with E-state index in [0.717, 1.165) is 16.8 Å². The number of hydroxylamine groups is 1. The minimum absolute atomic E-state index is 0.282. The lowest BCUT2D eigenvalue weighted by Crippen LogP contribution is -2.20. The first-order valence-corrected chi connectivity index (χ1v) is 5.85. The third-order valence-corrected chi connectivity index (χ3v) is 2.79. The number of benzene rings is 1. The van der Waals surface area contributed by atoms with E-state index in [1.807, 2.05) is 32.0 Å². The van der Waals surface area contributed by atoms with E-state index in [1.54, 1.807) is 23.8 Å². The van der Waals surface area contributed by atoms with Gasteiger partial charge in [-0.2, -0.15) is 0 Å². The van der Waals surface area contributed by atoms with Crippen LogP contribution in [0.1, 0.15) is 21.5 Å². The van der Waals surface area contributed by atoms with Crippen LogP contribution in [-0.4, -0.2) is 16.1 Å². The first-order chi connectivity index (χ1) is 9.11. The van der Waals surface area contributed by atoms with Gasteiger partial charge in [0.2, 0.25) is 0 Å². The van der Waals surface area contributed by atoms with Crippen molar-refractivity contribution in [1.29, 1.82) is 0 Å². The third-order valence-electron chi connectivity index (χ3n) is 2.79. The van der Waals surface area contributed by atoms with Crippen molar-refractivity contribution >= 4 is 17.4 Å². The van der Waals surface area contributed by atoms with E-state index in [4.69, 9.17) is 5.21 Å². The molecule has 2 aromatic rings. The lowest BCUT2D eigenvalue weighted by atomic mass is 10.1. The summed E-state index contributed by atoms with van der Waals surface area (Å²) in [7, 11) is 0. The van der Waals surface area contributed by atoms with Crippen molar-refractivity contribution < 1.29 is 10.0 Å². The Balaban J connectivity index is 2.35. The molecule has 5 heteroatoms. The molecule has 0 saturated carbocycles. The van der Waals surface area contributed by atoms with Crippen LogP contribution >= 0.6 is 0 Å². The smallest absolute Gasteiger partial charge is 0.278 e. The Morgan fingerprint density at radius 1 is 1.26 bits per heavy atom. The number of carbonyl (C=O) groups excluding carboxylic acids is 1. The average Bonchev–Trinajstić information content (AvgIpc) is 2.41. The van der Waals surface area contributed by atoms with Crippen LogP contribution in [-0.2, 0) is 0 Å². The van der Waals surface area contributed by atoms with Gasteiger partial charge in [0, 0.05) is 11.9 Å². The summed E-state index contributed by atoms with van der Waals surface area (Å²) < 4.78 is 0. The highest BCUT2D eigenvalue weighted by Crippen LogP contribution is 2.22. The zero-order chi connectivity index (χ0) is 13.8. The molecule has 0 spiro atoms. The lowest BCUT2D eigenvalue weighted by molar-refractivity contribution is 0.0707. The Morgan fingerprint density at radius 2 is 2.05 bits per heavy atom. The Labute approximate surface area is 111 Å². The van der Waals surface area contributed by atoms with Crippen LogP contribution in [0.2, 0.25) is 0 Å². The van der Waals surface area contributed by atoms with E-state index in [9.17, 15) is 4.79 Å². The number of nitrogens with zero attached hydrogens (tertiary/aromatic N) is 1. The molecule has 0 aliphatic heterocycles. The van der Waals surface area contributed by atoms with Crippen molar-refractivity contribution in [1.82, 2.24) is 10.5 Å². The highest BCUT2D eigenvalue weighted by atomic mass is 16.5. The average molecular weight is 257 g/mol. The van der Waals surface area contributed by atoms with Gasteiger partial charge in [0.05, 0.1) is 5.56 Å². The molecule has 0 aliphatic rings. The van der Waals surface area contributed by atoms with Crippen molar-refractivity contribution in [3.8, 4) is 0 Å². The van der Waals surface area contributed by atoms with E-state index in [1.165, 1.54) is 0 Å². The molecule has 0 saturated heterocycles. The predicted octanol–water partition coefficient (Wildman–Crippen LogP) is 2.56. The van der Waals surface area contributed by atoms with Gasteiger partial charge in [-0.05, 0) is 37.6 Å². The van der Waals surface area contributed by atoms with E-state index < -0.39 is 5.91 Å². The van der Waals surface area contributed by atoms with E-state index in [-0.39, 0.29) is 5.56 Å². The number of amides is 1. The SMILES string of the molecule is Cc1ccc(Nc2ncccc2C(=O)NO)c(C)c1. The zero-order valence-electron chi connectivity index (χ0n) is 10.8. The standard InChI is InChI=1S/C14H15N3O2/c1-9-5-6-12(10(2)8-9)16-13-11(14(18)17-19)4-3-7-15-13/h3-8,19H,1-2H3,(H,15,16)(H,17,18). The number of pyridine rings is 1. The number of nitrogens with one attached hydrogen (secondary N) is 2. The number of aryl methyl sites for hydroxylation is 2. The maximum atomic E-state index is 11.5. The molecule has 0 fully saturated rings. The fourth-order valence-corrected chi connectivity index (χ4v) is 1.83. The van der Waals surface area contributed by atoms with Crippen LogP contribution in [0.4, 0.5) is 11.5 Å². The van der Waals surface area contributed by atoms with E-state index in [2.05, 4.69) is 10.3 Å². The first kappa shape index (κ1) is 13.0. The van der Waals surface area contributed by atoms with Crippen molar-refractivity contribution in [2.24, 2.45) is 0 Å². The van der Waals surface area contributed by atoms with Crippen molar-refractivity contribution in [3.05, 3.63) is 53.2 Å². The van der Waals surface area contributed by atoms with Crippen LogP contribution in [0.5, 0.6) is 0 Å². The number of carbonyl (C=O) groups is 1. The van der Waals surface area contributed by atoms with Crippen LogP contribution < -0.4 is 10.8 Å². The molecular formula is C14H15N3O2. The first-order valence-electron chi connectivity index (χ1n) is 5.85. The third kappa shape index (κ3) is 2.89. The fourth-order valence-electron chi connectivity index (χ4n) is 1.83. The monoisotopic (exact) mass is 257 g/mol. The molecule has 0 radical (unpaired) electrons. The van der Waals surface area contributed by atoms with Crippen LogP contribution in [0.15, 0.2) is 36.5 Å². The molecule has 2 rings (SSSR count). The minimum Gasteiger partial charge on any atom is -0.339 e. The van der Waals surface area contributed by atoms with Gasteiger partial charge >= 0.3 is 0 Å². The Hall–Kier alpha value is -2.40. The molecule has 1 heterocycles. The topological polar surface area (TPSA) is 74.2 Å². The number of rotatable bonds is 3. The number of aromatic nitrogens is 1. The molecule has 19 heavy (non-hydrogen) atoms. The summed E-state index contributed by atoms with van der Waals surface area (Å²) in [6, 6.07) is 9.17. The molecule has 5 nitrogen and oxygen atoms in total.